The van der Waals surface area contributed by atoms with Gasteiger partial charge >= 0.3 is 0 Å². The monoisotopic (exact) mass is 320 g/mol. The molecule has 0 aromatic heterocycles. The minimum atomic E-state index is 1.06. The molecule has 4 rings (SSSR count). The molecule has 0 nitrogen and oxygen atoms in total. The molecular formula is C25H20. The number of hydrogen-bond acceptors (Lipinski definition) is 0. The van der Waals surface area contributed by atoms with Gasteiger partial charge in [0.05, 0.1) is 0 Å². The number of benzene rings is 4. The van der Waals surface area contributed by atoms with Crippen molar-refractivity contribution in [2.75, 3.05) is 0 Å². The Bertz CT molecular complexity index is 1090. The molecule has 0 bridgehead atoms. The quantitative estimate of drug-likeness (QED) is 0.298. The summed E-state index contributed by atoms with van der Waals surface area (Å²) in [7, 11) is 0. The van der Waals surface area contributed by atoms with Gasteiger partial charge in [0.25, 0.3) is 0 Å². The molecule has 0 heterocycles. The Morgan fingerprint density at radius 1 is 0.600 bits per heavy atom. The van der Waals surface area contributed by atoms with Crippen molar-refractivity contribution >= 4 is 21.5 Å². The lowest BCUT2D eigenvalue weighted by Gasteiger charge is -2.03. The highest BCUT2D eigenvalue weighted by Gasteiger charge is 1.98. The van der Waals surface area contributed by atoms with Crippen molar-refractivity contribution in [3.8, 4) is 11.8 Å². The van der Waals surface area contributed by atoms with Gasteiger partial charge in [0, 0.05) is 11.1 Å². The fourth-order valence-electron chi connectivity index (χ4n) is 3.21. The summed E-state index contributed by atoms with van der Waals surface area (Å²) < 4.78 is 0. The molecule has 0 fully saturated rings. The van der Waals surface area contributed by atoms with Gasteiger partial charge in [0.2, 0.25) is 0 Å². The molecule has 0 radical (unpaired) electrons. The van der Waals surface area contributed by atoms with Gasteiger partial charge < -0.3 is 0 Å². The van der Waals surface area contributed by atoms with Gasteiger partial charge in [0.1, 0.15) is 0 Å². The second-order valence-corrected chi connectivity index (χ2v) is 6.46. The second-order valence-electron chi connectivity index (χ2n) is 6.46. The van der Waals surface area contributed by atoms with E-state index in [4.69, 9.17) is 0 Å². The molecule has 0 aliphatic heterocycles. The molecule has 0 saturated heterocycles. The van der Waals surface area contributed by atoms with Crippen molar-refractivity contribution in [2.24, 2.45) is 0 Å². The lowest BCUT2D eigenvalue weighted by molar-refractivity contribution is 0.922. The van der Waals surface area contributed by atoms with Crippen LogP contribution in [0.2, 0.25) is 0 Å². The van der Waals surface area contributed by atoms with Crippen LogP contribution in [-0.4, -0.2) is 0 Å². The summed E-state index contributed by atoms with van der Waals surface area (Å²) in [6.07, 6.45) is 2.31. The molecule has 0 unspecified atom stereocenters. The molecular weight excluding hydrogens is 300 g/mol. The molecule has 0 N–H and O–H groups in total. The predicted octanol–water partition coefficient (Wildman–Crippen LogP) is 6.35. The molecule has 0 saturated carbocycles. The highest BCUT2D eigenvalue weighted by atomic mass is 14.0. The van der Waals surface area contributed by atoms with Crippen molar-refractivity contribution in [3.63, 3.8) is 0 Å². The van der Waals surface area contributed by atoms with Crippen molar-refractivity contribution in [3.05, 3.63) is 95.6 Å². The zero-order chi connectivity index (χ0) is 17.1. The van der Waals surface area contributed by atoms with Crippen LogP contribution in [0.4, 0.5) is 0 Å². The molecule has 120 valence electrons. The lowest BCUT2D eigenvalue weighted by Crippen LogP contribution is -1.83. The molecule has 25 heavy (non-hydrogen) atoms. The maximum Gasteiger partial charge on any atom is 0.0255 e. The lowest BCUT2D eigenvalue weighted by atomic mass is 10.0. The third kappa shape index (κ3) is 3.42. The van der Waals surface area contributed by atoms with Gasteiger partial charge in [-0.25, -0.2) is 0 Å². The molecule has 0 aliphatic carbocycles. The fraction of sp³-hybridized carbons (Fsp3) is 0.120. The van der Waals surface area contributed by atoms with Crippen LogP contribution in [0.1, 0.15) is 30.0 Å². The Hall–Kier alpha value is -3.04. The van der Waals surface area contributed by atoms with E-state index in [0.717, 1.165) is 17.5 Å². The fourth-order valence-corrected chi connectivity index (χ4v) is 3.21. The summed E-state index contributed by atoms with van der Waals surface area (Å²) in [5, 5.41) is 5.05. The first kappa shape index (κ1) is 15.5. The number of rotatable bonds is 2. The third-order valence-electron chi connectivity index (χ3n) is 4.55. The van der Waals surface area contributed by atoms with E-state index in [2.05, 4.69) is 97.6 Å². The van der Waals surface area contributed by atoms with E-state index in [9.17, 15) is 0 Å². The maximum atomic E-state index is 3.30. The molecule has 0 amide bonds. The highest BCUT2D eigenvalue weighted by Crippen LogP contribution is 2.23. The van der Waals surface area contributed by atoms with Crippen LogP contribution in [-0.2, 0) is 6.42 Å². The minimum absolute atomic E-state index is 1.06. The van der Waals surface area contributed by atoms with Crippen LogP contribution in [0.5, 0.6) is 0 Å². The summed E-state index contributed by atoms with van der Waals surface area (Å²) in [6, 6.07) is 28.0. The Labute approximate surface area is 149 Å². The smallest absolute Gasteiger partial charge is 0.0255 e. The zero-order valence-corrected chi connectivity index (χ0v) is 14.4. The third-order valence-corrected chi connectivity index (χ3v) is 4.55. The molecule has 0 heteroatoms. The average Bonchev–Trinajstić information content (AvgIpc) is 2.66. The maximum absolute atomic E-state index is 3.30. The van der Waals surface area contributed by atoms with Crippen molar-refractivity contribution in [1.29, 1.82) is 0 Å². The van der Waals surface area contributed by atoms with Gasteiger partial charge in [-0.3, -0.25) is 0 Å². The predicted molar refractivity (Wildman–Crippen MR) is 108 cm³/mol. The second kappa shape index (κ2) is 6.83. The molecule has 0 aliphatic rings. The van der Waals surface area contributed by atoms with Crippen molar-refractivity contribution in [1.82, 2.24) is 0 Å². The van der Waals surface area contributed by atoms with Gasteiger partial charge in [-0.2, -0.15) is 0 Å². The van der Waals surface area contributed by atoms with Crippen LogP contribution in [0, 0.1) is 11.8 Å². The standard InChI is InChI=1S/C25H20/c1-2-5-19-8-10-20(11-9-19)12-13-21-14-15-24-17-22-6-3-4-7-23(22)18-25(24)16-21/h3-4,6-11,14-18H,2,5H2,1H3. The summed E-state index contributed by atoms with van der Waals surface area (Å²) in [5.41, 5.74) is 3.50. The normalized spacial score (nSPS) is 10.6. The average molecular weight is 320 g/mol. The highest BCUT2D eigenvalue weighted by molar-refractivity contribution is 5.98. The Morgan fingerprint density at radius 3 is 1.92 bits per heavy atom. The first-order valence-corrected chi connectivity index (χ1v) is 8.85. The van der Waals surface area contributed by atoms with Gasteiger partial charge in [-0.15, -0.1) is 0 Å². The van der Waals surface area contributed by atoms with E-state index < -0.39 is 0 Å². The van der Waals surface area contributed by atoms with Crippen LogP contribution in [0.25, 0.3) is 21.5 Å². The van der Waals surface area contributed by atoms with E-state index in [1.165, 1.54) is 33.5 Å². The molecule has 0 spiro atoms. The summed E-state index contributed by atoms with van der Waals surface area (Å²) in [6.45, 7) is 2.21. The van der Waals surface area contributed by atoms with Crippen molar-refractivity contribution in [2.45, 2.75) is 19.8 Å². The summed E-state index contributed by atoms with van der Waals surface area (Å²) in [4.78, 5) is 0. The van der Waals surface area contributed by atoms with E-state index in [1.54, 1.807) is 0 Å². The van der Waals surface area contributed by atoms with Crippen LogP contribution >= 0.6 is 0 Å². The van der Waals surface area contributed by atoms with Crippen LogP contribution in [0.3, 0.4) is 0 Å². The first-order chi connectivity index (χ1) is 12.3. The molecule has 0 atom stereocenters. The Kier molecular flexibility index (Phi) is 4.23. The number of aryl methyl sites for hydroxylation is 1. The van der Waals surface area contributed by atoms with E-state index >= 15 is 0 Å². The Morgan fingerprint density at radius 2 is 1.20 bits per heavy atom. The summed E-state index contributed by atoms with van der Waals surface area (Å²) >= 11 is 0. The van der Waals surface area contributed by atoms with E-state index in [-0.39, 0.29) is 0 Å². The van der Waals surface area contributed by atoms with Gasteiger partial charge in [-0.05, 0) is 69.9 Å². The minimum Gasteiger partial charge on any atom is -0.0651 e. The van der Waals surface area contributed by atoms with Gasteiger partial charge in [0.15, 0.2) is 0 Å². The number of fused-ring (bicyclic) bond motifs is 2. The summed E-state index contributed by atoms with van der Waals surface area (Å²) in [5.74, 6) is 6.58. The van der Waals surface area contributed by atoms with Crippen LogP contribution < -0.4 is 0 Å². The molecule has 4 aromatic rings. The van der Waals surface area contributed by atoms with Crippen LogP contribution in [0.15, 0.2) is 78.9 Å². The van der Waals surface area contributed by atoms with E-state index in [0.29, 0.717) is 0 Å². The number of hydrogen-bond donors (Lipinski definition) is 0. The van der Waals surface area contributed by atoms with Gasteiger partial charge in [-0.1, -0.05) is 67.6 Å². The SMILES string of the molecule is CCCc1ccc(C#Cc2ccc3cc4ccccc4cc3c2)cc1. The first-order valence-electron chi connectivity index (χ1n) is 8.85. The Balaban J connectivity index is 1.66. The zero-order valence-electron chi connectivity index (χ0n) is 14.4. The van der Waals surface area contributed by atoms with Crippen molar-refractivity contribution < 1.29 is 0 Å². The molecule has 4 aromatic carbocycles. The topological polar surface area (TPSA) is 0 Å². The van der Waals surface area contributed by atoms with E-state index in [1.807, 2.05) is 0 Å². The largest absolute Gasteiger partial charge is 0.0651 e.